The Hall–Kier alpha value is -1.25. The molecule has 0 atom stereocenters. The molecule has 0 spiro atoms. The molecular weight excluding hydrogens is 202 g/mol. The van der Waals surface area contributed by atoms with Crippen molar-refractivity contribution in [2.45, 2.75) is 46.6 Å². The Bertz CT molecular complexity index is 353. The minimum absolute atomic E-state index is 0.463. The molecule has 1 heterocycles. The molecule has 0 aliphatic heterocycles. The van der Waals surface area contributed by atoms with Crippen LogP contribution in [-0.4, -0.2) is 15.6 Å². The molecule has 1 N–H and O–H groups in total. The number of hydrogen-bond donors (Lipinski definition) is 1. The number of aryl methyl sites for hydroxylation is 1. The van der Waals surface area contributed by atoms with Gasteiger partial charge in [-0.3, -0.25) is 0 Å². The molecular formula is C13H21NO2. The van der Waals surface area contributed by atoms with Crippen molar-refractivity contribution in [1.82, 2.24) is 4.57 Å². The minimum Gasteiger partial charge on any atom is -0.478 e. The van der Waals surface area contributed by atoms with Crippen LogP contribution in [0.5, 0.6) is 0 Å². The molecule has 3 nitrogen and oxygen atoms in total. The minimum atomic E-state index is -0.814. The SMILES string of the molecule is CCCCn1ccc(C(=O)O)c1CC(C)C. The lowest BCUT2D eigenvalue weighted by Crippen LogP contribution is -2.09. The van der Waals surface area contributed by atoms with Crippen LogP contribution in [0.4, 0.5) is 0 Å². The van der Waals surface area contributed by atoms with E-state index in [0.717, 1.165) is 31.5 Å². The van der Waals surface area contributed by atoms with E-state index >= 15 is 0 Å². The Labute approximate surface area is 97.1 Å². The molecule has 0 aromatic carbocycles. The first-order chi connectivity index (χ1) is 7.56. The third-order valence-electron chi connectivity index (χ3n) is 2.66. The van der Waals surface area contributed by atoms with Crippen LogP contribution in [0.25, 0.3) is 0 Å². The van der Waals surface area contributed by atoms with Crippen LogP contribution in [0.3, 0.4) is 0 Å². The van der Waals surface area contributed by atoms with E-state index in [2.05, 4.69) is 25.3 Å². The Balaban J connectivity index is 2.94. The van der Waals surface area contributed by atoms with Gasteiger partial charge in [0, 0.05) is 18.4 Å². The normalized spacial score (nSPS) is 11.0. The predicted molar refractivity (Wildman–Crippen MR) is 64.8 cm³/mol. The zero-order chi connectivity index (χ0) is 12.1. The fraction of sp³-hybridized carbons (Fsp3) is 0.615. The van der Waals surface area contributed by atoms with Gasteiger partial charge in [-0.25, -0.2) is 4.79 Å². The van der Waals surface area contributed by atoms with Crippen LogP contribution in [0, 0.1) is 5.92 Å². The largest absolute Gasteiger partial charge is 0.478 e. The molecule has 0 fully saturated rings. The second kappa shape index (κ2) is 5.73. The number of nitrogens with zero attached hydrogens (tertiary/aromatic N) is 1. The zero-order valence-electron chi connectivity index (χ0n) is 10.4. The number of hydrogen-bond acceptors (Lipinski definition) is 1. The van der Waals surface area contributed by atoms with Gasteiger partial charge in [-0.15, -0.1) is 0 Å². The quantitative estimate of drug-likeness (QED) is 0.804. The number of carboxylic acid groups (broad SMARTS) is 1. The van der Waals surface area contributed by atoms with Crippen molar-refractivity contribution in [3.05, 3.63) is 23.5 Å². The van der Waals surface area contributed by atoms with E-state index < -0.39 is 5.97 Å². The lowest BCUT2D eigenvalue weighted by Gasteiger charge is -2.11. The highest BCUT2D eigenvalue weighted by Gasteiger charge is 2.15. The van der Waals surface area contributed by atoms with Crippen LogP contribution in [0.15, 0.2) is 12.3 Å². The van der Waals surface area contributed by atoms with E-state index in [1.54, 1.807) is 6.07 Å². The molecule has 0 radical (unpaired) electrons. The van der Waals surface area contributed by atoms with E-state index in [4.69, 9.17) is 5.11 Å². The summed E-state index contributed by atoms with van der Waals surface area (Å²) in [5.41, 5.74) is 1.43. The fourth-order valence-electron chi connectivity index (χ4n) is 1.85. The van der Waals surface area contributed by atoms with Gasteiger partial charge in [0.25, 0.3) is 0 Å². The van der Waals surface area contributed by atoms with E-state index in [0.29, 0.717) is 11.5 Å². The summed E-state index contributed by atoms with van der Waals surface area (Å²) in [5.74, 6) is -0.334. The van der Waals surface area contributed by atoms with Crippen LogP contribution < -0.4 is 0 Å². The molecule has 1 rings (SSSR count). The number of rotatable bonds is 6. The number of unbranched alkanes of at least 4 members (excludes halogenated alkanes) is 1. The first-order valence-electron chi connectivity index (χ1n) is 5.97. The lowest BCUT2D eigenvalue weighted by molar-refractivity contribution is 0.0695. The van der Waals surface area contributed by atoms with Gasteiger partial charge >= 0.3 is 5.97 Å². The van der Waals surface area contributed by atoms with Gasteiger partial charge in [0.2, 0.25) is 0 Å². The van der Waals surface area contributed by atoms with Crippen molar-refractivity contribution >= 4 is 5.97 Å². The van der Waals surface area contributed by atoms with Crippen molar-refractivity contribution in [1.29, 1.82) is 0 Å². The monoisotopic (exact) mass is 223 g/mol. The molecule has 90 valence electrons. The first-order valence-corrected chi connectivity index (χ1v) is 5.97. The summed E-state index contributed by atoms with van der Waals surface area (Å²) >= 11 is 0. The average Bonchev–Trinajstić information content (AvgIpc) is 2.57. The summed E-state index contributed by atoms with van der Waals surface area (Å²) < 4.78 is 2.09. The third-order valence-corrected chi connectivity index (χ3v) is 2.66. The van der Waals surface area contributed by atoms with Crippen molar-refractivity contribution in [3.63, 3.8) is 0 Å². The maximum absolute atomic E-state index is 11.1. The summed E-state index contributed by atoms with van der Waals surface area (Å²) in [6, 6.07) is 1.72. The highest BCUT2D eigenvalue weighted by Crippen LogP contribution is 2.17. The molecule has 0 amide bonds. The average molecular weight is 223 g/mol. The molecule has 3 heteroatoms. The first kappa shape index (κ1) is 12.8. The number of aromatic carboxylic acids is 1. The van der Waals surface area contributed by atoms with Crippen molar-refractivity contribution in [2.24, 2.45) is 5.92 Å². The van der Waals surface area contributed by atoms with Crippen molar-refractivity contribution in [3.8, 4) is 0 Å². The Morgan fingerprint density at radius 3 is 2.69 bits per heavy atom. The summed E-state index contributed by atoms with van der Waals surface area (Å²) in [6.07, 6.45) is 4.95. The molecule has 1 aromatic rings. The van der Waals surface area contributed by atoms with Gasteiger partial charge in [0.1, 0.15) is 0 Å². The van der Waals surface area contributed by atoms with Crippen LogP contribution in [0.2, 0.25) is 0 Å². The standard InChI is InChI=1S/C13H21NO2/c1-4-5-7-14-8-6-11(13(15)16)12(14)9-10(2)3/h6,8,10H,4-5,7,9H2,1-3H3,(H,15,16). The van der Waals surface area contributed by atoms with E-state index in [-0.39, 0.29) is 0 Å². The van der Waals surface area contributed by atoms with Gasteiger partial charge in [-0.05, 0) is 24.8 Å². The van der Waals surface area contributed by atoms with Crippen LogP contribution >= 0.6 is 0 Å². The zero-order valence-corrected chi connectivity index (χ0v) is 10.4. The molecule has 0 unspecified atom stereocenters. The molecule has 0 aliphatic rings. The highest BCUT2D eigenvalue weighted by atomic mass is 16.4. The van der Waals surface area contributed by atoms with E-state index in [9.17, 15) is 4.79 Å². The maximum atomic E-state index is 11.1. The van der Waals surface area contributed by atoms with Gasteiger partial charge < -0.3 is 9.67 Å². The molecule has 16 heavy (non-hydrogen) atoms. The summed E-state index contributed by atoms with van der Waals surface area (Å²) in [6.45, 7) is 7.29. The fourth-order valence-corrected chi connectivity index (χ4v) is 1.85. The Morgan fingerprint density at radius 2 is 2.19 bits per heavy atom. The van der Waals surface area contributed by atoms with Gasteiger partial charge in [0.05, 0.1) is 5.56 Å². The van der Waals surface area contributed by atoms with Gasteiger partial charge in [-0.1, -0.05) is 27.2 Å². The number of carbonyl (C=O) groups is 1. The third kappa shape index (κ3) is 3.12. The molecule has 0 saturated carbocycles. The van der Waals surface area contributed by atoms with E-state index in [1.807, 2.05) is 6.20 Å². The smallest absolute Gasteiger partial charge is 0.337 e. The summed E-state index contributed by atoms with van der Waals surface area (Å²) in [4.78, 5) is 11.1. The van der Waals surface area contributed by atoms with Gasteiger partial charge in [-0.2, -0.15) is 0 Å². The number of carboxylic acids is 1. The number of aromatic nitrogens is 1. The molecule has 0 aliphatic carbocycles. The van der Waals surface area contributed by atoms with Crippen molar-refractivity contribution in [2.75, 3.05) is 0 Å². The Kier molecular flexibility index (Phi) is 4.59. The maximum Gasteiger partial charge on any atom is 0.337 e. The second-order valence-corrected chi connectivity index (χ2v) is 4.63. The molecule has 0 saturated heterocycles. The predicted octanol–water partition coefficient (Wildman–Crippen LogP) is 3.18. The lowest BCUT2D eigenvalue weighted by atomic mass is 10.0. The van der Waals surface area contributed by atoms with Crippen LogP contribution in [0.1, 0.15) is 49.7 Å². The highest BCUT2D eigenvalue weighted by molar-refractivity contribution is 5.89. The van der Waals surface area contributed by atoms with Crippen LogP contribution in [-0.2, 0) is 13.0 Å². The molecule has 0 bridgehead atoms. The Morgan fingerprint density at radius 1 is 1.50 bits per heavy atom. The van der Waals surface area contributed by atoms with Crippen molar-refractivity contribution < 1.29 is 9.90 Å². The topological polar surface area (TPSA) is 42.2 Å². The van der Waals surface area contributed by atoms with E-state index in [1.165, 1.54) is 0 Å². The summed E-state index contributed by atoms with van der Waals surface area (Å²) in [5, 5.41) is 9.10. The summed E-state index contributed by atoms with van der Waals surface area (Å²) in [7, 11) is 0. The molecule has 1 aromatic heterocycles. The second-order valence-electron chi connectivity index (χ2n) is 4.63. The van der Waals surface area contributed by atoms with Gasteiger partial charge in [0.15, 0.2) is 0 Å².